The van der Waals surface area contributed by atoms with E-state index in [1.807, 2.05) is 13.8 Å². The van der Waals surface area contributed by atoms with Crippen molar-refractivity contribution in [3.8, 4) is 0 Å². The van der Waals surface area contributed by atoms with E-state index in [4.69, 9.17) is 5.73 Å². The smallest absolute Gasteiger partial charge is 0.0956 e. The van der Waals surface area contributed by atoms with Gasteiger partial charge in [0.2, 0.25) is 0 Å². The Morgan fingerprint density at radius 2 is 2.31 bits per heavy atom. The molecule has 0 aliphatic rings. The molecule has 0 saturated carbocycles. The average Bonchev–Trinajstić information content (AvgIpc) is 2.53. The third kappa shape index (κ3) is 2.24. The summed E-state index contributed by atoms with van der Waals surface area (Å²) in [5.41, 5.74) is 6.35. The van der Waals surface area contributed by atoms with E-state index < -0.39 is 6.10 Å². The van der Waals surface area contributed by atoms with Crippen LogP contribution in [0.25, 0.3) is 0 Å². The Balaban J connectivity index is 2.77. The highest BCUT2D eigenvalue weighted by atomic mass is 32.1. The molecule has 0 aliphatic carbocycles. The van der Waals surface area contributed by atoms with Gasteiger partial charge in [0.25, 0.3) is 0 Å². The molecule has 0 bridgehead atoms. The topological polar surface area (TPSA) is 72.0 Å². The van der Waals surface area contributed by atoms with Gasteiger partial charge in [0, 0.05) is 5.92 Å². The maximum absolute atomic E-state index is 9.90. The molecular weight excluding hydrogens is 186 g/mol. The Labute approximate surface area is 81.9 Å². The van der Waals surface area contributed by atoms with Crippen LogP contribution in [0.4, 0.5) is 0 Å². The van der Waals surface area contributed by atoms with E-state index in [0.717, 1.165) is 17.0 Å². The van der Waals surface area contributed by atoms with Gasteiger partial charge in [0.15, 0.2) is 0 Å². The fraction of sp³-hybridized carbons (Fsp3) is 0.750. The maximum Gasteiger partial charge on any atom is 0.0956 e. The molecule has 0 amide bonds. The van der Waals surface area contributed by atoms with Gasteiger partial charge < -0.3 is 10.8 Å². The van der Waals surface area contributed by atoms with Crippen LogP contribution in [-0.4, -0.2) is 21.2 Å². The van der Waals surface area contributed by atoms with Crippen molar-refractivity contribution in [1.29, 1.82) is 0 Å². The number of nitrogens with two attached hydrogens (primary N) is 1. The number of hydrogen-bond donors (Lipinski definition) is 2. The molecule has 0 radical (unpaired) electrons. The van der Waals surface area contributed by atoms with E-state index in [1.165, 1.54) is 11.5 Å². The van der Waals surface area contributed by atoms with E-state index in [9.17, 15) is 5.11 Å². The van der Waals surface area contributed by atoms with Crippen LogP contribution in [0.15, 0.2) is 0 Å². The Bertz CT molecular complexity index is 260. The molecule has 0 aromatic carbocycles. The van der Waals surface area contributed by atoms with Crippen molar-refractivity contribution in [2.75, 3.05) is 6.54 Å². The van der Waals surface area contributed by atoms with Crippen LogP contribution in [0.3, 0.4) is 0 Å². The van der Waals surface area contributed by atoms with Crippen LogP contribution in [0.5, 0.6) is 0 Å². The van der Waals surface area contributed by atoms with Crippen LogP contribution < -0.4 is 5.73 Å². The zero-order valence-corrected chi connectivity index (χ0v) is 8.71. The molecule has 74 valence electrons. The Morgan fingerprint density at radius 1 is 1.62 bits per heavy atom. The quantitative estimate of drug-likeness (QED) is 0.758. The van der Waals surface area contributed by atoms with Gasteiger partial charge in [-0.15, -0.1) is 5.10 Å². The van der Waals surface area contributed by atoms with Gasteiger partial charge in [-0.3, -0.25) is 0 Å². The summed E-state index contributed by atoms with van der Waals surface area (Å²) in [6.45, 7) is 4.37. The van der Waals surface area contributed by atoms with Crippen molar-refractivity contribution in [3.05, 3.63) is 10.6 Å². The highest BCUT2D eigenvalue weighted by Gasteiger charge is 2.21. The summed E-state index contributed by atoms with van der Waals surface area (Å²) >= 11 is 1.25. The molecule has 1 heterocycles. The van der Waals surface area contributed by atoms with Gasteiger partial charge in [0.05, 0.1) is 16.7 Å². The lowest BCUT2D eigenvalue weighted by atomic mass is 9.98. The molecule has 0 aliphatic heterocycles. The van der Waals surface area contributed by atoms with Crippen molar-refractivity contribution < 1.29 is 5.11 Å². The molecule has 0 fully saturated rings. The number of rotatable bonds is 4. The molecule has 13 heavy (non-hydrogen) atoms. The Kier molecular flexibility index (Phi) is 3.77. The van der Waals surface area contributed by atoms with Gasteiger partial charge in [-0.05, 0) is 31.4 Å². The lowest BCUT2D eigenvalue weighted by Crippen LogP contribution is -2.21. The summed E-state index contributed by atoms with van der Waals surface area (Å²) < 4.78 is 3.78. The predicted octanol–water partition coefficient (Wildman–Crippen LogP) is 0.865. The lowest BCUT2D eigenvalue weighted by molar-refractivity contribution is 0.112. The van der Waals surface area contributed by atoms with Crippen LogP contribution in [0.1, 0.15) is 30.0 Å². The number of nitrogens with zero attached hydrogens (tertiary/aromatic N) is 2. The molecule has 2 unspecified atom stereocenters. The van der Waals surface area contributed by atoms with Crippen LogP contribution >= 0.6 is 11.5 Å². The second kappa shape index (κ2) is 4.64. The third-order valence-corrected chi connectivity index (χ3v) is 3.13. The molecule has 1 rings (SSSR count). The van der Waals surface area contributed by atoms with Crippen molar-refractivity contribution in [2.45, 2.75) is 26.4 Å². The van der Waals surface area contributed by atoms with Crippen molar-refractivity contribution in [2.24, 2.45) is 11.7 Å². The van der Waals surface area contributed by atoms with Crippen molar-refractivity contribution in [1.82, 2.24) is 9.59 Å². The van der Waals surface area contributed by atoms with E-state index in [0.29, 0.717) is 6.54 Å². The summed E-state index contributed by atoms with van der Waals surface area (Å²) in [5.74, 6) is 0.112. The van der Waals surface area contributed by atoms with Crippen LogP contribution in [-0.2, 0) is 0 Å². The van der Waals surface area contributed by atoms with E-state index in [-0.39, 0.29) is 5.92 Å². The summed E-state index contributed by atoms with van der Waals surface area (Å²) in [7, 11) is 0. The SMILES string of the molecule is CCC(CN)C(O)c1snnc1C. The second-order valence-electron chi connectivity index (χ2n) is 3.07. The first-order valence-corrected chi connectivity index (χ1v) is 5.15. The average molecular weight is 201 g/mol. The number of aromatic nitrogens is 2. The fourth-order valence-electron chi connectivity index (χ4n) is 1.24. The van der Waals surface area contributed by atoms with Gasteiger partial charge in [-0.25, -0.2) is 0 Å². The first kappa shape index (κ1) is 10.6. The first-order valence-electron chi connectivity index (χ1n) is 4.37. The van der Waals surface area contributed by atoms with E-state index in [2.05, 4.69) is 9.59 Å². The van der Waals surface area contributed by atoms with Crippen molar-refractivity contribution in [3.63, 3.8) is 0 Å². The standard InChI is InChI=1S/C8H15N3OS/c1-3-6(4-9)7(12)8-5(2)10-11-13-8/h6-7,12H,3-4,9H2,1-2H3. The van der Waals surface area contributed by atoms with Gasteiger partial charge in [-0.2, -0.15) is 0 Å². The highest BCUT2D eigenvalue weighted by Crippen LogP contribution is 2.27. The summed E-state index contributed by atoms with van der Waals surface area (Å²) in [5, 5.41) is 13.8. The minimum atomic E-state index is -0.505. The van der Waals surface area contributed by atoms with Gasteiger partial charge in [0.1, 0.15) is 0 Å². The molecule has 1 aromatic heterocycles. The molecule has 1 aromatic rings. The number of aliphatic hydroxyl groups excluding tert-OH is 1. The molecule has 0 saturated heterocycles. The Morgan fingerprint density at radius 3 is 2.69 bits per heavy atom. The number of aliphatic hydroxyl groups is 1. The third-order valence-electron chi connectivity index (χ3n) is 2.23. The molecule has 2 atom stereocenters. The van der Waals surface area contributed by atoms with Crippen LogP contribution in [0, 0.1) is 12.8 Å². The van der Waals surface area contributed by atoms with E-state index >= 15 is 0 Å². The molecule has 0 spiro atoms. The zero-order chi connectivity index (χ0) is 9.84. The molecule has 3 N–H and O–H groups in total. The second-order valence-corrected chi connectivity index (χ2v) is 3.86. The first-order chi connectivity index (χ1) is 6.20. The maximum atomic E-state index is 9.90. The summed E-state index contributed by atoms with van der Waals surface area (Å²) in [4.78, 5) is 0.845. The van der Waals surface area contributed by atoms with Gasteiger partial charge in [-0.1, -0.05) is 11.4 Å². The molecule has 4 nitrogen and oxygen atoms in total. The number of hydrogen-bond acceptors (Lipinski definition) is 5. The minimum Gasteiger partial charge on any atom is -0.387 e. The largest absolute Gasteiger partial charge is 0.387 e. The fourth-order valence-corrected chi connectivity index (χ4v) is 1.97. The zero-order valence-electron chi connectivity index (χ0n) is 7.90. The molecular formula is C8H15N3OS. The minimum absolute atomic E-state index is 0.112. The summed E-state index contributed by atoms with van der Waals surface area (Å²) in [6.07, 6.45) is 0.365. The normalized spacial score (nSPS) is 15.7. The summed E-state index contributed by atoms with van der Waals surface area (Å²) in [6, 6.07) is 0. The highest BCUT2D eigenvalue weighted by molar-refractivity contribution is 7.05. The van der Waals surface area contributed by atoms with Crippen LogP contribution in [0.2, 0.25) is 0 Å². The van der Waals surface area contributed by atoms with E-state index in [1.54, 1.807) is 0 Å². The number of aryl methyl sites for hydroxylation is 1. The van der Waals surface area contributed by atoms with Gasteiger partial charge >= 0.3 is 0 Å². The Hall–Kier alpha value is -0.520. The van der Waals surface area contributed by atoms with Crippen molar-refractivity contribution >= 4 is 11.5 Å². The predicted molar refractivity (Wildman–Crippen MR) is 52.4 cm³/mol. The monoisotopic (exact) mass is 201 g/mol. The lowest BCUT2D eigenvalue weighted by Gasteiger charge is -2.18. The molecule has 5 heteroatoms.